The lowest BCUT2D eigenvalue weighted by atomic mass is 10.1. The average molecular weight is 445 g/mol. The minimum atomic E-state index is -0.550. The molecule has 0 fully saturated rings. The Hall–Kier alpha value is -3.59. The third-order valence-electron chi connectivity index (χ3n) is 4.87. The van der Waals surface area contributed by atoms with E-state index in [1.807, 2.05) is 0 Å². The van der Waals surface area contributed by atoms with Crippen LogP contribution in [0.5, 0.6) is 0 Å². The fourth-order valence-electron chi connectivity index (χ4n) is 3.36. The maximum absolute atomic E-state index is 13.2. The third-order valence-corrected chi connectivity index (χ3v) is 5.18. The number of anilines is 1. The molecule has 3 N–H and O–H groups in total. The van der Waals surface area contributed by atoms with E-state index >= 15 is 0 Å². The first kappa shape index (κ1) is 20.7. The summed E-state index contributed by atoms with van der Waals surface area (Å²) in [5, 5.41) is 8.15. The molecule has 0 aliphatic carbocycles. The summed E-state index contributed by atoms with van der Waals surface area (Å²) in [6, 6.07) is 8.14. The number of benzene rings is 1. The van der Waals surface area contributed by atoms with Crippen LogP contribution in [0.4, 0.5) is 10.1 Å². The van der Waals surface area contributed by atoms with Gasteiger partial charge in [-0.25, -0.2) is 4.39 Å². The molecule has 3 aromatic rings. The highest BCUT2D eigenvalue weighted by molar-refractivity contribution is 6.34. The van der Waals surface area contributed by atoms with Gasteiger partial charge in [-0.15, -0.1) is 0 Å². The van der Waals surface area contributed by atoms with Gasteiger partial charge in [-0.1, -0.05) is 11.6 Å². The number of carbonyl (C=O) groups is 3. The van der Waals surface area contributed by atoms with E-state index in [1.165, 1.54) is 18.4 Å². The Balaban J connectivity index is 1.46. The van der Waals surface area contributed by atoms with Gasteiger partial charge in [0, 0.05) is 19.2 Å². The molecule has 1 atom stereocenters. The van der Waals surface area contributed by atoms with E-state index in [0.29, 0.717) is 17.1 Å². The Morgan fingerprint density at radius 3 is 2.87 bits per heavy atom. The van der Waals surface area contributed by atoms with E-state index < -0.39 is 11.7 Å². The van der Waals surface area contributed by atoms with Gasteiger partial charge in [-0.2, -0.15) is 0 Å². The van der Waals surface area contributed by atoms with Gasteiger partial charge < -0.3 is 24.9 Å². The van der Waals surface area contributed by atoms with Crippen molar-refractivity contribution < 1.29 is 23.2 Å². The van der Waals surface area contributed by atoms with E-state index in [1.54, 1.807) is 22.9 Å². The van der Waals surface area contributed by atoms with Gasteiger partial charge in [0.05, 0.1) is 35.1 Å². The van der Waals surface area contributed by atoms with Crippen LogP contribution in [-0.4, -0.2) is 28.8 Å². The number of nitrogens with zero attached hydrogens (tertiary/aromatic N) is 1. The minimum Gasteiger partial charge on any atom is -0.467 e. The van der Waals surface area contributed by atoms with Gasteiger partial charge in [0.25, 0.3) is 11.8 Å². The predicted molar refractivity (Wildman–Crippen MR) is 110 cm³/mol. The van der Waals surface area contributed by atoms with Crippen molar-refractivity contribution in [2.75, 3.05) is 11.9 Å². The molecule has 2 aromatic heterocycles. The second-order valence-electron chi connectivity index (χ2n) is 7.02. The summed E-state index contributed by atoms with van der Waals surface area (Å²) in [4.78, 5) is 37.1. The summed E-state index contributed by atoms with van der Waals surface area (Å²) in [7, 11) is 0. The second kappa shape index (κ2) is 8.65. The number of hydrogen-bond donors (Lipinski definition) is 3. The molecule has 3 heterocycles. The normalized spacial score (nSPS) is 15.2. The van der Waals surface area contributed by atoms with Crippen molar-refractivity contribution in [1.82, 2.24) is 15.2 Å². The van der Waals surface area contributed by atoms with Crippen LogP contribution in [0.2, 0.25) is 5.02 Å². The zero-order valence-electron chi connectivity index (χ0n) is 16.2. The smallest absolute Gasteiger partial charge is 0.268 e. The van der Waals surface area contributed by atoms with E-state index in [-0.39, 0.29) is 48.0 Å². The van der Waals surface area contributed by atoms with E-state index in [2.05, 4.69) is 16.0 Å². The fraction of sp³-hybridized carbons (Fsp3) is 0.190. The molecule has 1 aromatic carbocycles. The molecule has 4 rings (SSSR count). The van der Waals surface area contributed by atoms with Crippen LogP contribution in [0.3, 0.4) is 0 Å². The number of aromatic nitrogens is 1. The number of amides is 3. The summed E-state index contributed by atoms with van der Waals surface area (Å²) < 4.78 is 20.1. The first-order valence-corrected chi connectivity index (χ1v) is 9.84. The van der Waals surface area contributed by atoms with Crippen molar-refractivity contribution >= 4 is 35.0 Å². The van der Waals surface area contributed by atoms with Gasteiger partial charge in [-0.05, 0) is 36.4 Å². The first-order chi connectivity index (χ1) is 14.9. The molecule has 1 unspecified atom stereocenters. The molecule has 0 saturated carbocycles. The summed E-state index contributed by atoms with van der Waals surface area (Å²) in [5.41, 5.74) is 0.777. The second-order valence-corrected chi connectivity index (χ2v) is 7.43. The Labute approximate surface area is 181 Å². The van der Waals surface area contributed by atoms with Gasteiger partial charge >= 0.3 is 0 Å². The molecule has 31 heavy (non-hydrogen) atoms. The van der Waals surface area contributed by atoms with Crippen LogP contribution < -0.4 is 16.0 Å². The SMILES string of the molecule is O=C(CC1CNC(=O)c2cc(NC(=O)c3ccc(F)cc3Cl)cn21)NCc1ccco1. The van der Waals surface area contributed by atoms with E-state index in [0.717, 1.165) is 12.1 Å². The van der Waals surface area contributed by atoms with Crippen molar-refractivity contribution in [3.63, 3.8) is 0 Å². The van der Waals surface area contributed by atoms with Crippen LogP contribution in [0.1, 0.15) is 39.1 Å². The fourth-order valence-corrected chi connectivity index (χ4v) is 3.61. The molecule has 1 aliphatic rings. The molecular formula is C21H18ClFN4O4. The highest BCUT2D eigenvalue weighted by atomic mass is 35.5. The van der Waals surface area contributed by atoms with Crippen LogP contribution in [0.25, 0.3) is 0 Å². The van der Waals surface area contributed by atoms with Crippen molar-refractivity contribution in [1.29, 1.82) is 0 Å². The van der Waals surface area contributed by atoms with E-state index in [4.69, 9.17) is 16.0 Å². The third kappa shape index (κ3) is 4.61. The Morgan fingerprint density at radius 1 is 1.29 bits per heavy atom. The van der Waals surface area contributed by atoms with E-state index in [9.17, 15) is 18.8 Å². The molecule has 1 aliphatic heterocycles. The van der Waals surface area contributed by atoms with Gasteiger partial charge in [0.1, 0.15) is 17.3 Å². The molecule has 8 nitrogen and oxygen atoms in total. The topological polar surface area (TPSA) is 105 Å². The lowest BCUT2D eigenvalue weighted by Gasteiger charge is -2.25. The molecule has 0 radical (unpaired) electrons. The molecular weight excluding hydrogens is 427 g/mol. The molecule has 0 bridgehead atoms. The number of halogens is 2. The Bertz CT molecular complexity index is 1140. The van der Waals surface area contributed by atoms with Gasteiger partial charge in [0.15, 0.2) is 0 Å². The number of hydrogen-bond acceptors (Lipinski definition) is 4. The zero-order valence-corrected chi connectivity index (χ0v) is 16.9. The molecule has 0 spiro atoms. The standard InChI is InChI=1S/C21H18ClFN4O4/c22-17-6-12(23)3-4-16(17)20(29)26-13-7-18-21(30)25-9-14(27(18)11-13)8-19(28)24-10-15-2-1-5-31-15/h1-7,11,14H,8-10H2,(H,24,28)(H,25,30)(H,26,29). The molecule has 0 saturated heterocycles. The highest BCUT2D eigenvalue weighted by Crippen LogP contribution is 2.26. The van der Waals surface area contributed by atoms with Crippen molar-refractivity contribution in [2.24, 2.45) is 0 Å². The Kier molecular flexibility index (Phi) is 5.77. The van der Waals surface area contributed by atoms with Crippen LogP contribution in [-0.2, 0) is 11.3 Å². The monoisotopic (exact) mass is 444 g/mol. The molecule has 160 valence electrons. The lowest BCUT2D eigenvalue weighted by Crippen LogP contribution is -2.40. The quantitative estimate of drug-likeness (QED) is 0.543. The average Bonchev–Trinajstić information content (AvgIpc) is 3.39. The lowest BCUT2D eigenvalue weighted by molar-refractivity contribution is -0.122. The molecule has 3 amide bonds. The van der Waals surface area contributed by atoms with Crippen molar-refractivity contribution in [3.05, 3.63) is 76.7 Å². The number of fused-ring (bicyclic) bond motifs is 1. The number of rotatable bonds is 6. The maximum Gasteiger partial charge on any atom is 0.268 e. The van der Waals surface area contributed by atoms with Gasteiger partial charge in [0.2, 0.25) is 5.91 Å². The predicted octanol–water partition coefficient (Wildman–Crippen LogP) is 3.12. The minimum absolute atomic E-state index is 0.0229. The first-order valence-electron chi connectivity index (χ1n) is 9.46. The largest absolute Gasteiger partial charge is 0.467 e. The summed E-state index contributed by atoms with van der Waals surface area (Å²) >= 11 is 5.94. The molecule has 10 heteroatoms. The van der Waals surface area contributed by atoms with Crippen molar-refractivity contribution in [2.45, 2.75) is 19.0 Å². The van der Waals surface area contributed by atoms with Crippen LogP contribution >= 0.6 is 11.6 Å². The number of furan rings is 1. The van der Waals surface area contributed by atoms with Crippen LogP contribution in [0, 0.1) is 5.82 Å². The van der Waals surface area contributed by atoms with Crippen LogP contribution in [0.15, 0.2) is 53.3 Å². The zero-order chi connectivity index (χ0) is 22.0. The number of carbonyl (C=O) groups excluding carboxylic acids is 3. The number of nitrogens with one attached hydrogen (secondary N) is 3. The summed E-state index contributed by atoms with van der Waals surface area (Å²) in [6.45, 7) is 0.537. The van der Waals surface area contributed by atoms with Crippen molar-refractivity contribution in [3.8, 4) is 0 Å². The summed E-state index contributed by atoms with van der Waals surface area (Å²) in [6.07, 6.45) is 3.24. The highest BCUT2D eigenvalue weighted by Gasteiger charge is 2.28. The summed E-state index contributed by atoms with van der Waals surface area (Å²) in [5.74, 6) is -0.975. The Morgan fingerprint density at radius 2 is 2.13 bits per heavy atom. The maximum atomic E-state index is 13.2. The van der Waals surface area contributed by atoms with Gasteiger partial charge in [-0.3, -0.25) is 14.4 Å².